The SMILES string of the molecule is Cc1nc(SCC(=O)Nc2cccc(C(=O)N(C)C)c2)c2c(C)c(C)sc2n1. The Hall–Kier alpha value is -2.45. The van der Waals surface area contributed by atoms with E-state index in [2.05, 4.69) is 29.1 Å². The number of anilines is 1. The summed E-state index contributed by atoms with van der Waals surface area (Å²) in [6.07, 6.45) is 0. The molecule has 146 valence electrons. The molecule has 0 aliphatic rings. The molecule has 0 aliphatic heterocycles. The summed E-state index contributed by atoms with van der Waals surface area (Å²) in [6.45, 7) is 5.99. The first-order valence-electron chi connectivity index (χ1n) is 8.75. The number of nitrogens with zero attached hydrogens (tertiary/aromatic N) is 3. The lowest BCUT2D eigenvalue weighted by Gasteiger charge is -2.11. The van der Waals surface area contributed by atoms with E-state index >= 15 is 0 Å². The van der Waals surface area contributed by atoms with Gasteiger partial charge in [-0.2, -0.15) is 0 Å². The number of nitrogens with one attached hydrogen (secondary N) is 1. The number of carbonyl (C=O) groups is 2. The predicted octanol–water partition coefficient (Wildman–Crippen LogP) is 4.05. The van der Waals surface area contributed by atoms with E-state index in [0.29, 0.717) is 17.1 Å². The van der Waals surface area contributed by atoms with Gasteiger partial charge >= 0.3 is 0 Å². The van der Waals surface area contributed by atoms with Crippen molar-refractivity contribution in [1.29, 1.82) is 0 Å². The minimum absolute atomic E-state index is 0.104. The number of benzene rings is 1. The van der Waals surface area contributed by atoms with Crippen LogP contribution in [0.2, 0.25) is 0 Å². The lowest BCUT2D eigenvalue weighted by atomic mass is 10.2. The molecule has 0 spiro atoms. The third-order valence-corrected chi connectivity index (χ3v) is 6.32. The summed E-state index contributed by atoms with van der Waals surface area (Å²) in [7, 11) is 3.39. The number of thiophene rings is 1. The largest absolute Gasteiger partial charge is 0.345 e. The average Bonchev–Trinajstić information content (AvgIpc) is 2.93. The normalized spacial score (nSPS) is 10.9. The van der Waals surface area contributed by atoms with Crippen LogP contribution < -0.4 is 5.32 Å². The molecule has 28 heavy (non-hydrogen) atoms. The Morgan fingerprint density at radius 2 is 1.93 bits per heavy atom. The first-order valence-corrected chi connectivity index (χ1v) is 10.5. The van der Waals surface area contributed by atoms with Gasteiger partial charge in [0.05, 0.1) is 5.75 Å². The lowest BCUT2D eigenvalue weighted by Crippen LogP contribution is -2.22. The number of carbonyl (C=O) groups excluding carboxylic acids is 2. The Morgan fingerprint density at radius 1 is 1.18 bits per heavy atom. The monoisotopic (exact) mass is 414 g/mol. The standard InChI is InChI=1S/C20H22N4O2S2/c1-11-12(2)28-19-17(11)18(21-13(3)22-19)27-10-16(25)23-15-8-6-7-14(9-15)20(26)24(4)5/h6-9H,10H2,1-5H3,(H,23,25). The van der Waals surface area contributed by atoms with E-state index in [0.717, 1.165) is 20.8 Å². The average molecular weight is 415 g/mol. The molecule has 3 aromatic rings. The zero-order chi connectivity index (χ0) is 20.4. The lowest BCUT2D eigenvalue weighted by molar-refractivity contribution is -0.113. The summed E-state index contributed by atoms with van der Waals surface area (Å²) >= 11 is 3.05. The Balaban J connectivity index is 1.73. The minimum Gasteiger partial charge on any atom is -0.345 e. The molecular formula is C20H22N4O2S2. The van der Waals surface area contributed by atoms with Gasteiger partial charge in [-0.1, -0.05) is 17.8 Å². The second-order valence-corrected chi connectivity index (χ2v) is 8.82. The van der Waals surface area contributed by atoms with Gasteiger partial charge in [-0.05, 0) is 44.5 Å². The number of hydrogen-bond acceptors (Lipinski definition) is 6. The summed E-state index contributed by atoms with van der Waals surface area (Å²) in [5.41, 5.74) is 2.30. The maximum atomic E-state index is 12.4. The predicted molar refractivity (Wildman–Crippen MR) is 115 cm³/mol. The van der Waals surface area contributed by atoms with Crippen molar-refractivity contribution in [2.45, 2.75) is 25.8 Å². The van der Waals surface area contributed by atoms with Crippen LogP contribution in [0.4, 0.5) is 5.69 Å². The molecule has 2 aromatic heterocycles. The maximum absolute atomic E-state index is 12.4. The van der Waals surface area contributed by atoms with Gasteiger partial charge in [0.15, 0.2) is 0 Å². The van der Waals surface area contributed by atoms with Crippen molar-refractivity contribution in [3.05, 3.63) is 46.1 Å². The number of rotatable bonds is 5. The molecule has 3 rings (SSSR count). The van der Waals surface area contributed by atoms with Crippen molar-refractivity contribution in [3.8, 4) is 0 Å². The van der Waals surface area contributed by atoms with Crippen LogP contribution >= 0.6 is 23.1 Å². The number of thioether (sulfide) groups is 1. The quantitative estimate of drug-likeness (QED) is 0.504. The van der Waals surface area contributed by atoms with Gasteiger partial charge in [-0.25, -0.2) is 9.97 Å². The molecule has 0 unspecified atom stereocenters. The van der Waals surface area contributed by atoms with E-state index < -0.39 is 0 Å². The first kappa shape index (κ1) is 20.3. The van der Waals surface area contributed by atoms with Crippen molar-refractivity contribution in [3.63, 3.8) is 0 Å². The number of hydrogen-bond donors (Lipinski definition) is 1. The summed E-state index contributed by atoms with van der Waals surface area (Å²) in [5, 5.41) is 4.72. The van der Waals surface area contributed by atoms with Gasteiger partial charge in [0.1, 0.15) is 15.7 Å². The Bertz CT molecular complexity index is 1060. The van der Waals surface area contributed by atoms with Crippen molar-refractivity contribution in [2.75, 3.05) is 25.2 Å². The molecule has 0 fully saturated rings. The van der Waals surface area contributed by atoms with Gasteiger partial charge in [-0.3, -0.25) is 9.59 Å². The zero-order valence-electron chi connectivity index (χ0n) is 16.5. The van der Waals surface area contributed by atoms with Crippen LogP contribution in [0.25, 0.3) is 10.2 Å². The molecule has 2 amide bonds. The fraction of sp³-hybridized carbons (Fsp3) is 0.300. The molecule has 0 saturated heterocycles. The van der Waals surface area contributed by atoms with Gasteiger partial charge in [0.2, 0.25) is 5.91 Å². The second-order valence-electron chi connectivity index (χ2n) is 6.66. The third-order valence-electron chi connectivity index (χ3n) is 4.25. The van der Waals surface area contributed by atoms with Crippen molar-refractivity contribution in [2.24, 2.45) is 0 Å². The van der Waals surface area contributed by atoms with Crippen molar-refractivity contribution < 1.29 is 9.59 Å². The summed E-state index contributed by atoms with van der Waals surface area (Å²) in [4.78, 5) is 37.2. The fourth-order valence-corrected chi connectivity index (χ4v) is 4.81. The fourth-order valence-electron chi connectivity index (χ4n) is 2.74. The Kier molecular flexibility index (Phi) is 6.00. The molecule has 8 heteroatoms. The molecular weight excluding hydrogens is 392 g/mol. The van der Waals surface area contributed by atoms with Crippen LogP contribution in [-0.2, 0) is 4.79 Å². The van der Waals surface area contributed by atoms with Crippen LogP contribution in [0.5, 0.6) is 0 Å². The minimum atomic E-state index is -0.145. The van der Waals surface area contributed by atoms with Gasteiger partial charge in [0, 0.05) is 35.6 Å². The molecule has 0 atom stereocenters. The molecule has 0 bridgehead atoms. The van der Waals surface area contributed by atoms with E-state index in [9.17, 15) is 9.59 Å². The highest BCUT2D eigenvalue weighted by atomic mass is 32.2. The van der Waals surface area contributed by atoms with Crippen LogP contribution in [0, 0.1) is 20.8 Å². The smallest absolute Gasteiger partial charge is 0.253 e. The highest BCUT2D eigenvalue weighted by molar-refractivity contribution is 8.00. The molecule has 0 radical (unpaired) electrons. The summed E-state index contributed by atoms with van der Waals surface area (Å²) in [6, 6.07) is 6.95. The second kappa shape index (κ2) is 8.28. The number of fused-ring (bicyclic) bond motifs is 1. The van der Waals surface area contributed by atoms with E-state index in [1.54, 1.807) is 49.7 Å². The molecule has 0 aliphatic carbocycles. The Labute approximate surface area is 172 Å². The number of amides is 2. The van der Waals surface area contributed by atoms with Crippen LogP contribution in [0.1, 0.15) is 26.6 Å². The number of aromatic nitrogens is 2. The molecule has 1 aromatic carbocycles. The highest BCUT2D eigenvalue weighted by Gasteiger charge is 2.15. The van der Waals surface area contributed by atoms with Crippen LogP contribution in [0.15, 0.2) is 29.3 Å². The molecule has 1 N–H and O–H groups in total. The topological polar surface area (TPSA) is 75.2 Å². The molecule has 6 nitrogen and oxygen atoms in total. The third kappa shape index (κ3) is 4.34. The van der Waals surface area contributed by atoms with Gasteiger partial charge in [-0.15, -0.1) is 11.3 Å². The van der Waals surface area contributed by atoms with E-state index in [-0.39, 0.29) is 17.6 Å². The molecule has 2 heterocycles. The van der Waals surface area contributed by atoms with Crippen molar-refractivity contribution in [1.82, 2.24) is 14.9 Å². The van der Waals surface area contributed by atoms with E-state index in [1.165, 1.54) is 21.5 Å². The van der Waals surface area contributed by atoms with Gasteiger partial charge < -0.3 is 10.2 Å². The highest BCUT2D eigenvalue weighted by Crippen LogP contribution is 2.35. The molecule has 0 saturated carbocycles. The van der Waals surface area contributed by atoms with E-state index in [4.69, 9.17) is 0 Å². The first-order chi connectivity index (χ1) is 13.3. The van der Waals surface area contributed by atoms with E-state index in [1.807, 2.05) is 6.92 Å². The zero-order valence-corrected chi connectivity index (χ0v) is 18.1. The Morgan fingerprint density at radius 3 is 2.64 bits per heavy atom. The summed E-state index contributed by atoms with van der Waals surface area (Å²) in [5.74, 6) is 0.679. The summed E-state index contributed by atoms with van der Waals surface area (Å²) < 4.78 is 0. The van der Waals surface area contributed by atoms with Crippen LogP contribution in [-0.4, -0.2) is 46.5 Å². The number of aryl methyl sites for hydroxylation is 3. The van der Waals surface area contributed by atoms with Crippen LogP contribution in [0.3, 0.4) is 0 Å². The van der Waals surface area contributed by atoms with Gasteiger partial charge in [0.25, 0.3) is 5.91 Å². The maximum Gasteiger partial charge on any atom is 0.253 e. The van der Waals surface area contributed by atoms with Crippen molar-refractivity contribution >= 4 is 50.8 Å².